The van der Waals surface area contributed by atoms with Crippen LogP contribution in [0.15, 0.2) is 42.5 Å². The molecule has 98 valence electrons. The van der Waals surface area contributed by atoms with E-state index in [-0.39, 0.29) is 5.82 Å². The van der Waals surface area contributed by atoms with Crippen molar-refractivity contribution in [3.05, 3.63) is 59.7 Å². The predicted octanol–water partition coefficient (Wildman–Crippen LogP) is 3.88. The highest BCUT2D eigenvalue weighted by Gasteiger charge is 2.20. The maximum Gasteiger partial charge on any atom is 0.131 e. The Labute approximate surface area is 111 Å². The maximum absolute atomic E-state index is 14.1. The number of rotatable bonds is 4. The zero-order chi connectivity index (χ0) is 13.2. The van der Waals surface area contributed by atoms with Gasteiger partial charge in [0.2, 0.25) is 0 Å². The average molecular weight is 259 g/mol. The summed E-state index contributed by atoms with van der Waals surface area (Å²) in [6.07, 6.45) is 2.41. The lowest BCUT2D eigenvalue weighted by atomic mass is 10.0. The molecule has 19 heavy (non-hydrogen) atoms. The number of halogens is 2. The van der Waals surface area contributed by atoms with Crippen LogP contribution in [0, 0.1) is 11.6 Å². The molecule has 0 unspecified atom stereocenters. The van der Waals surface area contributed by atoms with E-state index in [2.05, 4.69) is 5.32 Å². The molecule has 0 aliphatic heterocycles. The van der Waals surface area contributed by atoms with Crippen LogP contribution in [-0.2, 0) is 6.54 Å². The van der Waals surface area contributed by atoms with Crippen molar-refractivity contribution in [1.29, 1.82) is 0 Å². The highest BCUT2D eigenvalue weighted by atomic mass is 19.1. The molecule has 0 radical (unpaired) electrons. The number of hydrogen-bond acceptors (Lipinski definition) is 1. The van der Waals surface area contributed by atoms with Crippen molar-refractivity contribution in [2.24, 2.45) is 0 Å². The van der Waals surface area contributed by atoms with Crippen LogP contribution in [0.5, 0.6) is 0 Å². The summed E-state index contributed by atoms with van der Waals surface area (Å²) >= 11 is 0. The van der Waals surface area contributed by atoms with Gasteiger partial charge in [-0.05, 0) is 30.5 Å². The Morgan fingerprint density at radius 1 is 0.947 bits per heavy atom. The van der Waals surface area contributed by atoms with Crippen molar-refractivity contribution in [3.8, 4) is 11.1 Å². The quantitative estimate of drug-likeness (QED) is 0.878. The van der Waals surface area contributed by atoms with Crippen molar-refractivity contribution in [2.45, 2.75) is 25.4 Å². The second kappa shape index (κ2) is 5.10. The molecule has 2 aromatic carbocycles. The highest BCUT2D eigenvalue weighted by Crippen LogP contribution is 2.26. The Kier molecular flexibility index (Phi) is 3.30. The first-order valence-corrected chi connectivity index (χ1v) is 6.51. The average Bonchev–Trinajstić information content (AvgIpc) is 3.22. The second-order valence-electron chi connectivity index (χ2n) is 4.95. The fraction of sp³-hybridized carbons (Fsp3) is 0.250. The summed E-state index contributed by atoms with van der Waals surface area (Å²) in [5.41, 5.74) is 1.51. The third-order valence-corrected chi connectivity index (χ3v) is 3.37. The fourth-order valence-corrected chi connectivity index (χ4v) is 2.12. The first-order valence-electron chi connectivity index (χ1n) is 6.51. The fourth-order valence-electron chi connectivity index (χ4n) is 2.12. The molecule has 1 N–H and O–H groups in total. The summed E-state index contributed by atoms with van der Waals surface area (Å²) in [6, 6.07) is 11.8. The molecule has 1 aliphatic rings. The van der Waals surface area contributed by atoms with Gasteiger partial charge in [-0.3, -0.25) is 0 Å². The van der Waals surface area contributed by atoms with Crippen molar-refractivity contribution in [2.75, 3.05) is 0 Å². The van der Waals surface area contributed by atoms with Gasteiger partial charge in [0.15, 0.2) is 0 Å². The smallest absolute Gasteiger partial charge is 0.131 e. The lowest BCUT2D eigenvalue weighted by Crippen LogP contribution is -2.15. The van der Waals surface area contributed by atoms with Gasteiger partial charge < -0.3 is 5.32 Å². The van der Waals surface area contributed by atoms with E-state index < -0.39 is 5.82 Å². The van der Waals surface area contributed by atoms with Gasteiger partial charge in [-0.25, -0.2) is 8.78 Å². The van der Waals surface area contributed by atoms with Gasteiger partial charge in [0, 0.05) is 23.7 Å². The Morgan fingerprint density at radius 2 is 1.68 bits per heavy atom. The van der Waals surface area contributed by atoms with E-state index in [0.29, 0.717) is 23.7 Å². The van der Waals surface area contributed by atoms with Crippen molar-refractivity contribution < 1.29 is 8.78 Å². The summed E-state index contributed by atoms with van der Waals surface area (Å²) in [7, 11) is 0. The SMILES string of the molecule is Fc1ccccc1-c1ccc(CNC2CC2)cc1F. The molecule has 0 bridgehead atoms. The molecular formula is C16H15F2N. The van der Waals surface area contributed by atoms with Crippen LogP contribution in [0.4, 0.5) is 8.78 Å². The molecule has 2 aromatic rings. The van der Waals surface area contributed by atoms with Crippen molar-refractivity contribution >= 4 is 0 Å². The molecule has 0 spiro atoms. The summed E-state index contributed by atoms with van der Waals surface area (Å²) < 4.78 is 27.7. The zero-order valence-corrected chi connectivity index (χ0v) is 10.5. The molecule has 0 saturated heterocycles. The minimum atomic E-state index is -0.398. The van der Waals surface area contributed by atoms with E-state index in [1.807, 2.05) is 6.07 Å². The monoisotopic (exact) mass is 259 g/mol. The van der Waals surface area contributed by atoms with Crippen LogP contribution in [0.2, 0.25) is 0 Å². The topological polar surface area (TPSA) is 12.0 Å². The van der Waals surface area contributed by atoms with Gasteiger partial charge in [-0.15, -0.1) is 0 Å². The summed E-state index contributed by atoms with van der Waals surface area (Å²) in [4.78, 5) is 0. The van der Waals surface area contributed by atoms with Crippen LogP contribution in [0.25, 0.3) is 11.1 Å². The number of benzene rings is 2. The van der Waals surface area contributed by atoms with Gasteiger partial charge in [-0.2, -0.15) is 0 Å². The van der Waals surface area contributed by atoms with E-state index in [1.54, 1.807) is 24.3 Å². The van der Waals surface area contributed by atoms with Crippen LogP contribution in [-0.4, -0.2) is 6.04 Å². The van der Waals surface area contributed by atoms with Crippen LogP contribution >= 0.6 is 0 Å². The molecule has 1 saturated carbocycles. The number of hydrogen-bond donors (Lipinski definition) is 1. The lowest BCUT2D eigenvalue weighted by molar-refractivity contribution is 0.612. The molecule has 1 aliphatic carbocycles. The van der Waals surface area contributed by atoms with E-state index in [9.17, 15) is 8.78 Å². The minimum Gasteiger partial charge on any atom is -0.310 e. The van der Waals surface area contributed by atoms with Gasteiger partial charge in [-0.1, -0.05) is 30.3 Å². The Balaban J connectivity index is 1.84. The molecule has 3 heteroatoms. The van der Waals surface area contributed by atoms with Crippen LogP contribution in [0.1, 0.15) is 18.4 Å². The van der Waals surface area contributed by atoms with Crippen molar-refractivity contribution in [1.82, 2.24) is 5.32 Å². The van der Waals surface area contributed by atoms with Gasteiger partial charge in [0.25, 0.3) is 0 Å². The summed E-state index contributed by atoms with van der Waals surface area (Å²) in [6.45, 7) is 0.666. The summed E-state index contributed by atoms with van der Waals surface area (Å²) in [5.74, 6) is -0.773. The van der Waals surface area contributed by atoms with E-state index in [0.717, 1.165) is 5.56 Å². The highest BCUT2D eigenvalue weighted by molar-refractivity contribution is 5.65. The molecular weight excluding hydrogens is 244 g/mol. The van der Waals surface area contributed by atoms with Crippen LogP contribution < -0.4 is 5.32 Å². The standard InChI is InChI=1S/C16H15F2N/c17-15-4-2-1-3-13(15)14-8-5-11(9-16(14)18)10-19-12-6-7-12/h1-5,8-9,12,19H,6-7,10H2. The Bertz CT molecular complexity index is 591. The Morgan fingerprint density at radius 3 is 2.37 bits per heavy atom. The molecule has 0 aromatic heterocycles. The molecule has 1 fully saturated rings. The molecule has 0 atom stereocenters. The first-order chi connectivity index (χ1) is 9.24. The first kappa shape index (κ1) is 12.3. The van der Waals surface area contributed by atoms with E-state index >= 15 is 0 Å². The molecule has 0 amide bonds. The Hall–Kier alpha value is -1.74. The van der Waals surface area contributed by atoms with Crippen molar-refractivity contribution in [3.63, 3.8) is 0 Å². The molecule has 3 rings (SSSR count). The number of nitrogens with one attached hydrogen (secondary N) is 1. The maximum atomic E-state index is 14.1. The lowest BCUT2D eigenvalue weighted by Gasteiger charge is -2.08. The van der Waals surface area contributed by atoms with E-state index in [4.69, 9.17) is 0 Å². The largest absolute Gasteiger partial charge is 0.310 e. The zero-order valence-electron chi connectivity index (χ0n) is 10.5. The van der Waals surface area contributed by atoms with E-state index in [1.165, 1.54) is 25.0 Å². The normalized spacial score (nSPS) is 14.6. The van der Waals surface area contributed by atoms with Gasteiger partial charge in [0.05, 0.1) is 0 Å². The summed E-state index contributed by atoms with van der Waals surface area (Å²) in [5, 5.41) is 3.33. The third-order valence-electron chi connectivity index (χ3n) is 3.37. The predicted molar refractivity (Wildman–Crippen MR) is 71.7 cm³/mol. The van der Waals surface area contributed by atoms with Crippen LogP contribution in [0.3, 0.4) is 0 Å². The van der Waals surface area contributed by atoms with Gasteiger partial charge in [0.1, 0.15) is 11.6 Å². The molecule has 1 nitrogen and oxygen atoms in total. The minimum absolute atomic E-state index is 0.307. The van der Waals surface area contributed by atoms with Gasteiger partial charge >= 0.3 is 0 Å². The second-order valence-corrected chi connectivity index (χ2v) is 4.95. The third kappa shape index (κ3) is 2.82. The molecule has 0 heterocycles.